The van der Waals surface area contributed by atoms with Gasteiger partial charge in [0.2, 0.25) is 17.6 Å². The maximum Gasteiger partial charge on any atom is 0.317 e. The fraction of sp³-hybridized carbons (Fsp3) is 0.615. The number of likely N-dealkylation sites (tertiary alicyclic amines) is 1. The average molecular weight is 1260 g/mol. The van der Waals surface area contributed by atoms with Crippen LogP contribution in [0.3, 0.4) is 0 Å². The van der Waals surface area contributed by atoms with Crippen LogP contribution in [0.2, 0.25) is 0 Å². The van der Waals surface area contributed by atoms with E-state index in [9.17, 15) is 54.3 Å². The van der Waals surface area contributed by atoms with Crippen molar-refractivity contribution in [2.24, 2.45) is 0 Å². The summed E-state index contributed by atoms with van der Waals surface area (Å²) in [6.07, 6.45) is 1.84. The summed E-state index contributed by atoms with van der Waals surface area (Å²) in [6.45, 7) is 11.8. The zero-order valence-corrected chi connectivity index (χ0v) is 46.5. The van der Waals surface area contributed by atoms with Crippen LogP contribution in [0.25, 0.3) is 17.1 Å². The number of carbonyl (C=O) groups excluding carboxylic acids is 3. The second-order valence-corrected chi connectivity index (χ2v) is 19.2. The van der Waals surface area contributed by atoms with Crippen molar-refractivity contribution in [3.05, 3.63) is 53.3 Å². The second kappa shape index (κ2) is 34.8. The van der Waals surface area contributed by atoms with Crippen LogP contribution in [0.5, 0.6) is 11.5 Å². The molecule has 5 rings (SSSR count). The Morgan fingerprint density at radius 1 is 0.615 bits per heavy atom. The van der Waals surface area contributed by atoms with Crippen LogP contribution >= 0.6 is 0 Å². The third-order valence-electron chi connectivity index (χ3n) is 13.2. The van der Waals surface area contributed by atoms with Gasteiger partial charge in [0.1, 0.15) is 11.5 Å². The average Bonchev–Trinajstić information content (AvgIpc) is 3.92. The van der Waals surface area contributed by atoms with E-state index in [1.54, 1.807) is 25.3 Å². The van der Waals surface area contributed by atoms with Gasteiger partial charge < -0.3 is 60.0 Å². The molecule has 0 saturated carbocycles. The molecule has 3 heterocycles. The van der Waals surface area contributed by atoms with Gasteiger partial charge in [-0.3, -0.25) is 52.9 Å². The molecule has 0 unspecified atom stereocenters. The van der Waals surface area contributed by atoms with Gasteiger partial charge in [0.25, 0.3) is 5.91 Å². The molecule has 2 aromatic carbocycles. The summed E-state index contributed by atoms with van der Waals surface area (Å²) in [5, 5.41) is 63.7. The number of benzene rings is 2. The third-order valence-corrected chi connectivity index (χ3v) is 13.2. The van der Waals surface area contributed by atoms with Crippen molar-refractivity contribution >= 4 is 35.6 Å². The molecule has 2 aliphatic rings. The number of aromatic hydroxyl groups is 2. The second-order valence-electron chi connectivity index (χ2n) is 19.2. The Hall–Kier alpha value is -5.09. The van der Waals surface area contributed by atoms with E-state index in [-0.39, 0.29) is 149 Å². The predicted molar refractivity (Wildman–Crippen MR) is 280 cm³/mol. The number of aromatic nitrogens is 3. The van der Waals surface area contributed by atoms with E-state index < -0.39 is 23.8 Å². The molecule has 2 saturated heterocycles. The molecular weight excluding hydrogens is 1180 g/mol. The number of amides is 3. The smallest absolute Gasteiger partial charge is 0.317 e. The van der Waals surface area contributed by atoms with E-state index in [0.717, 1.165) is 18.4 Å². The maximum atomic E-state index is 13.1. The van der Waals surface area contributed by atoms with Gasteiger partial charge in [-0.1, -0.05) is 26.0 Å². The predicted octanol–water partition coefficient (Wildman–Crippen LogP) is 0.973. The Balaban J connectivity index is 0.0000131. The summed E-state index contributed by atoms with van der Waals surface area (Å²) in [6, 6.07) is 10.7. The number of ether oxygens (including phenoxy) is 4. The first-order chi connectivity index (χ1) is 37.0. The van der Waals surface area contributed by atoms with Crippen molar-refractivity contribution in [3.8, 4) is 28.6 Å². The van der Waals surface area contributed by atoms with Gasteiger partial charge in [0.05, 0.1) is 91.0 Å². The van der Waals surface area contributed by atoms with E-state index >= 15 is 0 Å². The molecule has 3 aromatic rings. The van der Waals surface area contributed by atoms with Crippen molar-refractivity contribution in [1.29, 1.82) is 0 Å². The summed E-state index contributed by atoms with van der Waals surface area (Å²) in [4.78, 5) is 82.3. The zero-order valence-electron chi connectivity index (χ0n) is 44.9. The summed E-state index contributed by atoms with van der Waals surface area (Å²) in [7, 11) is 0. The molecule has 1 aromatic heterocycles. The first-order valence-electron chi connectivity index (χ1n) is 26.3. The minimum Gasteiger partial charge on any atom is -0.508 e. The van der Waals surface area contributed by atoms with Crippen LogP contribution in [0.1, 0.15) is 73.6 Å². The number of rotatable bonds is 29. The van der Waals surface area contributed by atoms with E-state index in [4.69, 9.17) is 18.9 Å². The van der Waals surface area contributed by atoms with Crippen LogP contribution < -0.4 is 10.6 Å². The number of aliphatic carboxylic acids is 3. The minimum atomic E-state index is -1.03. The van der Waals surface area contributed by atoms with Gasteiger partial charge in [0.15, 0.2) is 5.82 Å². The number of piperidine rings is 1. The van der Waals surface area contributed by atoms with E-state index in [1.807, 2.05) is 54.8 Å². The number of nitrogens with zero attached hydrogens (tertiary/aromatic N) is 8. The number of carboxylic acids is 3. The monoisotopic (exact) mass is 1260 g/mol. The molecule has 2 fully saturated rings. The molecule has 1 radical (unpaired) electrons. The van der Waals surface area contributed by atoms with E-state index in [1.165, 1.54) is 6.07 Å². The van der Waals surface area contributed by atoms with Crippen LogP contribution in [-0.2, 0) is 42.9 Å². The molecule has 26 heteroatoms. The van der Waals surface area contributed by atoms with E-state index in [2.05, 4.69) is 20.8 Å². The fourth-order valence-electron chi connectivity index (χ4n) is 9.07. The van der Waals surface area contributed by atoms with Gasteiger partial charge in [-0.25, -0.2) is 0 Å². The van der Waals surface area contributed by atoms with Crippen molar-refractivity contribution in [3.63, 3.8) is 0 Å². The van der Waals surface area contributed by atoms with Crippen LogP contribution in [0.4, 0.5) is 0 Å². The van der Waals surface area contributed by atoms with Crippen molar-refractivity contribution in [2.45, 2.75) is 51.9 Å². The van der Waals surface area contributed by atoms with Gasteiger partial charge in [0, 0.05) is 127 Å². The molecule has 7 N–H and O–H groups in total. The fourth-order valence-corrected chi connectivity index (χ4v) is 9.07. The molecule has 3 amide bonds. The molecule has 0 atom stereocenters. The first kappa shape index (κ1) is 65.4. The topological polar surface area (TPSA) is 311 Å². The van der Waals surface area contributed by atoms with Crippen LogP contribution in [0, 0.1) is 36.9 Å². The number of carboxylic acid groups (broad SMARTS) is 3. The Labute approximate surface area is 484 Å². The molecular formula is C52H78LuN10O15. The number of hydrogen-bond donors (Lipinski definition) is 7. The maximum absolute atomic E-state index is 13.1. The van der Waals surface area contributed by atoms with Gasteiger partial charge in [-0.15, -0.1) is 10.2 Å². The number of nitrogens with one attached hydrogen (secondary N) is 2. The summed E-state index contributed by atoms with van der Waals surface area (Å²) < 4.78 is 24.0. The quantitative estimate of drug-likeness (QED) is 0.0477. The molecule has 0 spiro atoms. The summed E-state index contributed by atoms with van der Waals surface area (Å²) in [5.74, 6) is -3.44. The zero-order chi connectivity index (χ0) is 55.7. The summed E-state index contributed by atoms with van der Waals surface area (Å²) in [5.41, 5.74) is 2.68. The number of phenolic OH excluding ortho intramolecular Hbond substituents is 2. The number of carbonyl (C=O) groups is 6. The summed E-state index contributed by atoms with van der Waals surface area (Å²) >= 11 is 0. The van der Waals surface area contributed by atoms with Gasteiger partial charge in [-0.05, 0) is 60.9 Å². The van der Waals surface area contributed by atoms with Crippen molar-refractivity contribution in [2.75, 3.05) is 158 Å². The van der Waals surface area contributed by atoms with E-state index in [0.29, 0.717) is 115 Å². The molecule has 2 aliphatic heterocycles. The molecule has 25 nitrogen and oxygen atoms in total. The standard InChI is InChI=1S/C52H78N10O15.Lu/c1-4-53-52(73)51-56-55-50(42-31-41(37(2)3)43(63)32-44(42)64)62(51)40-7-5-38(6-8-40)39-9-13-61(14-10-39)46(66)11-23-74-25-27-76-29-30-77-28-26-75-24-12-54-45(65)33-57-15-17-58(34-47(67)68)19-21-60(36-49(71)72)22-20-59(18-16-57)35-48(69)70;/h5-8,31-32,37,39,63-64H,4,9-30,33-36H2,1-3H3,(H,53,73)(H,54,65)(H,67,68)(H,69,70)(H,71,72);. The minimum absolute atomic E-state index is 0. The largest absolute Gasteiger partial charge is 0.508 e. The van der Waals surface area contributed by atoms with Gasteiger partial charge in [-0.2, -0.15) is 0 Å². The molecule has 78 heavy (non-hydrogen) atoms. The SMILES string of the molecule is CCNC(=O)c1nnc(-c2cc(C(C)C)c(O)cc2O)n1-c1ccc(C2CCN(C(=O)CCOCCOCCOCCOCCNC(=O)CN3CCN(CC(=O)O)CCN(CC(=O)O)CCN(CC(=O)O)CC3)CC2)cc1.[Lu]. The number of hydrogen-bond acceptors (Lipinski definition) is 18. The Kier molecular flexibility index (Phi) is 29.2. The van der Waals surface area contributed by atoms with Crippen molar-refractivity contribution in [1.82, 2.24) is 49.9 Å². The van der Waals surface area contributed by atoms with Gasteiger partial charge >= 0.3 is 17.9 Å². The Bertz CT molecular complexity index is 2340. The normalized spacial score (nSPS) is 15.8. The Morgan fingerprint density at radius 2 is 1.09 bits per heavy atom. The molecule has 441 valence electrons. The van der Waals surface area contributed by atoms with Crippen LogP contribution in [0.15, 0.2) is 36.4 Å². The van der Waals surface area contributed by atoms with Crippen molar-refractivity contribution < 1.29 is 110 Å². The molecule has 0 aliphatic carbocycles. The third kappa shape index (κ3) is 22.2. The Morgan fingerprint density at radius 3 is 1.56 bits per heavy atom. The first-order valence-corrected chi connectivity index (χ1v) is 26.3. The number of phenols is 2. The molecule has 0 bridgehead atoms. The van der Waals surface area contributed by atoms with Crippen LogP contribution in [-0.4, -0.2) is 258 Å².